The van der Waals surface area contributed by atoms with Gasteiger partial charge in [0.05, 0.1) is 0 Å². The van der Waals surface area contributed by atoms with Crippen molar-refractivity contribution in [3.05, 3.63) is 0 Å². The van der Waals surface area contributed by atoms with Crippen molar-refractivity contribution >= 4 is 0 Å². The second-order valence-corrected chi connectivity index (χ2v) is 3.87. The fourth-order valence-electron chi connectivity index (χ4n) is 2.00. The van der Waals surface area contributed by atoms with E-state index < -0.39 is 0 Å². The van der Waals surface area contributed by atoms with Crippen molar-refractivity contribution in [2.24, 2.45) is 5.92 Å². The molecule has 1 heterocycles. The van der Waals surface area contributed by atoms with Crippen LogP contribution in [0.4, 0.5) is 0 Å². The van der Waals surface area contributed by atoms with Gasteiger partial charge in [-0.1, -0.05) is 13.3 Å². The van der Waals surface area contributed by atoms with Crippen LogP contribution >= 0.6 is 0 Å². The molecule has 0 aromatic rings. The largest absolute Gasteiger partial charge is 0.315 e. The topological polar surface area (TPSA) is 24.1 Å². The average molecular weight is 154 g/mol. The Morgan fingerprint density at radius 3 is 3.00 bits per heavy atom. The lowest BCUT2D eigenvalue weighted by atomic mass is 10.2. The van der Waals surface area contributed by atoms with E-state index in [2.05, 4.69) is 17.6 Å². The predicted octanol–water partition coefficient (Wildman–Crippen LogP) is 0.736. The van der Waals surface area contributed by atoms with E-state index >= 15 is 0 Å². The minimum atomic E-state index is 0.775. The van der Waals surface area contributed by atoms with E-state index in [4.69, 9.17) is 0 Å². The molecule has 0 aromatic carbocycles. The monoisotopic (exact) mass is 154 g/mol. The molecule has 64 valence electrons. The summed E-state index contributed by atoms with van der Waals surface area (Å²) in [6.07, 6.45) is 4.11. The molecule has 2 rings (SSSR count). The average Bonchev–Trinajstić information content (AvgIpc) is 2.54. The SMILES string of the molecule is CCC1CC1NC1CCNC1. The molecular formula is C9H18N2. The first-order valence-corrected chi connectivity index (χ1v) is 4.87. The normalized spacial score (nSPS) is 42.8. The van der Waals surface area contributed by atoms with E-state index in [1.807, 2.05) is 0 Å². The molecule has 11 heavy (non-hydrogen) atoms. The second-order valence-electron chi connectivity index (χ2n) is 3.87. The molecule has 3 unspecified atom stereocenters. The molecule has 2 heteroatoms. The Labute approximate surface area is 68.7 Å². The fraction of sp³-hybridized carbons (Fsp3) is 1.00. The zero-order chi connectivity index (χ0) is 7.68. The van der Waals surface area contributed by atoms with E-state index in [0.29, 0.717) is 0 Å². The van der Waals surface area contributed by atoms with Crippen molar-refractivity contribution in [2.45, 2.75) is 38.3 Å². The lowest BCUT2D eigenvalue weighted by Gasteiger charge is -2.09. The number of nitrogens with one attached hydrogen (secondary N) is 2. The summed E-state index contributed by atoms with van der Waals surface area (Å²) in [5.74, 6) is 0.996. The van der Waals surface area contributed by atoms with Gasteiger partial charge in [0.2, 0.25) is 0 Å². The molecular weight excluding hydrogens is 136 g/mol. The van der Waals surface area contributed by atoms with E-state index in [1.165, 1.54) is 32.4 Å². The highest BCUT2D eigenvalue weighted by atomic mass is 15.1. The van der Waals surface area contributed by atoms with Gasteiger partial charge < -0.3 is 10.6 Å². The fourth-order valence-corrected chi connectivity index (χ4v) is 2.00. The summed E-state index contributed by atoms with van der Waals surface area (Å²) in [6.45, 7) is 4.69. The van der Waals surface area contributed by atoms with Crippen LogP contribution in [-0.2, 0) is 0 Å². The highest BCUT2D eigenvalue weighted by Crippen LogP contribution is 2.33. The Balaban J connectivity index is 1.66. The van der Waals surface area contributed by atoms with Crippen LogP contribution in [0.25, 0.3) is 0 Å². The predicted molar refractivity (Wildman–Crippen MR) is 46.6 cm³/mol. The maximum atomic E-state index is 3.69. The van der Waals surface area contributed by atoms with Crippen LogP contribution in [0.3, 0.4) is 0 Å². The van der Waals surface area contributed by atoms with Crippen molar-refractivity contribution < 1.29 is 0 Å². The smallest absolute Gasteiger partial charge is 0.0207 e. The van der Waals surface area contributed by atoms with Crippen molar-refractivity contribution in [1.29, 1.82) is 0 Å². The summed E-state index contributed by atoms with van der Waals surface area (Å²) in [5, 5.41) is 7.07. The summed E-state index contributed by atoms with van der Waals surface area (Å²) in [5.41, 5.74) is 0. The second kappa shape index (κ2) is 3.11. The van der Waals surface area contributed by atoms with Crippen LogP contribution in [0.5, 0.6) is 0 Å². The third kappa shape index (κ3) is 1.74. The molecule has 0 spiro atoms. The summed E-state index contributed by atoms with van der Waals surface area (Å²) in [6, 6.07) is 1.64. The Morgan fingerprint density at radius 2 is 2.45 bits per heavy atom. The molecule has 0 bridgehead atoms. The maximum Gasteiger partial charge on any atom is 0.0207 e. The first-order valence-electron chi connectivity index (χ1n) is 4.87. The number of hydrogen-bond acceptors (Lipinski definition) is 2. The van der Waals surface area contributed by atoms with Crippen LogP contribution in [0.1, 0.15) is 26.2 Å². The van der Waals surface area contributed by atoms with Gasteiger partial charge in [-0.2, -0.15) is 0 Å². The van der Waals surface area contributed by atoms with Crippen LogP contribution < -0.4 is 10.6 Å². The third-order valence-electron chi connectivity index (χ3n) is 2.96. The molecule has 3 atom stereocenters. The van der Waals surface area contributed by atoms with Crippen LogP contribution in [0.2, 0.25) is 0 Å². The lowest BCUT2D eigenvalue weighted by molar-refractivity contribution is 0.519. The molecule has 0 amide bonds. The highest BCUT2D eigenvalue weighted by molar-refractivity contribution is 4.95. The molecule has 2 N–H and O–H groups in total. The van der Waals surface area contributed by atoms with E-state index in [0.717, 1.165) is 18.0 Å². The standard InChI is InChI=1S/C9H18N2/c1-2-7-5-9(7)11-8-3-4-10-6-8/h7-11H,2-6H2,1H3. The molecule has 1 aliphatic heterocycles. The summed E-state index contributed by atoms with van der Waals surface area (Å²) >= 11 is 0. The zero-order valence-corrected chi connectivity index (χ0v) is 7.27. The lowest BCUT2D eigenvalue weighted by Crippen LogP contribution is -2.33. The molecule has 1 aliphatic carbocycles. The molecule has 2 nitrogen and oxygen atoms in total. The molecule has 0 aromatic heterocycles. The Morgan fingerprint density at radius 1 is 1.55 bits per heavy atom. The van der Waals surface area contributed by atoms with Gasteiger partial charge in [-0.3, -0.25) is 0 Å². The van der Waals surface area contributed by atoms with E-state index in [9.17, 15) is 0 Å². The zero-order valence-electron chi connectivity index (χ0n) is 7.27. The Kier molecular flexibility index (Phi) is 2.14. The maximum absolute atomic E-state index is 3.69. The van der Waals surface area contributed by atoms with Gasteiger partial charge in [0.1, 0.15) is 0 Å². The van der Waals surface area contributed by atoms with Crippen molar-refractivity contribution in [3.8, 4) is 0 Å². The van der Waals surface area contributed by atoms with Gasteiger partial charge in [-0.15, -0.1) is 0 Å². The highest BCUT2D eigenvalue weighted by Gasteiger charge is 2.36. The van der Waals surface area contributed by atoms with Gasteiger partial charge in [-0.05, 0) is 25.3 Å². The molecule has 2 aliphatic rings. The van der Waals surface area contributed by atoms with Gasteiger partial charge in [0, 0.05) is 18.6 Å². The summed E-state index contributed by atoms with van der Waals surface area (Å²) < 4.78 is 0. The van der Waals surface area contributed by atoms with Crippen molar-refractivity contribution in [2.75, 3.05) is 13.1 Å². The molecule has 1 saturated heterocycles. The minimum Gasteiger partial charge on any atom is -0.315 e. The minimum absolute atomic E-state index is 0.775. The first kappa shape index (κ1) is 7.56. The molecule has 0 radical (unpaired) electrons. The van der Waals surface area contributed by atoms with E-state index in [1.54, 1.807) is 0 Å². The summed E-state index contributed by atoms with van der Waals surface area (Å²) in [4.78, 5) is 0. The van der Waals surface area contributed by atoms with Crippen molar-refractivity contribution in [3.63, 3.8) is 0 Å². The Hall–Kier alpha value is -0.0800. The Bertz CT molecular complexity index is 130. The third-order valence-corrected chi connectivity index (χ3v) is 2.96. The first-order chi connectivity index (χ1) is 5.40. The van der Waals surface area contributed by atoms with Gasteiger partial charge in [0.15, 0.2) is 0 Å². The quantitative estimate of drug-likeness (QED) is 0.626. The molecule has 2 fully saturated rings. The summed E-state index contributed by atoms with van der Waals surface area (Å²) in [7, 11) is 0. The van der Waals surface area contributed by atoms with Crippen molar-refractivity contribution in [1.82, 2.24) is 10.6 Å². The van der Waals surface area contributed by atoms with Crippen LogP contribution in [-0.4, -0.2) is 25.2 Å². The molecule has 1 saturated carbocycles. The van der Waals surface area contributed by atoms with Crippen LogP contribution in [0, 0.1) is 5.92 Å². The van der Waals surface area contributed by atoms with Gasteiger partial charge in [0.25, 0.3) is 0 Å². The van der Waals surface area contributed by atoms with Gasteiger partial charge >= 0.3 is 0 Å². The van der Waals surface area contributed by atoms with E-state index in [-0.39, 0.29) is 0 Å². The van der Waals surface area contributed by atoms with Gasteiger partial charge in [-0.25, -0.2) is 0 Å². The number of hydrogen-bond donors (Lipinski definition) is 2. The number of rotatable bonds is 3. The van der Waals surface area contributed by atoms with Crippen LogP contribution in [0.15, 0.2) is 0 Å².